The number of nitrogen functional groups attached to an aromatic ring is 1. The van der Waals surface area contributed by atoms with Gasteiger partial charge in [-0.3, -0.25) is 0 Å². The molecule has 0 spiro atoms. The molecule has 0 aliphatic carbocycles. The molecule has 7 heteroatoms. The summed E-state index contributed by atoms with van der Waals surface area (Å²) < 4.78 is 31.3. The van der Waals surface area contributed by atoms with Crippen molar-refractivity contribution in [3.8, 4) is 5.75 Å². The Balaban J connectivity index is 2.91. The van der Waals surface area contributed by atoms with E-state index in [9.17, 15) is 8.42 Å². The summed E-state index contributed by atoms with van der Waals surface area (Å²) in [4.78, 5) is 0.00781. The maximum Gasteiger partial charge on any atom is 0.242 e. The Hall–Kier alpha value is -1.31. The number of hydrogen-bond donors (Lipinski definition) is 3. The third-order valence-corrected chi connectivity index (χ3v) is 3.94. The number of aliphatic hydroxyl groups is 1. The number of hydrogen-bond acceptors (Lipinski definition) is 5. The largest absolute Gasteiger partial charge is 0.497 e. The first-order chi connectivity index (χ1) is 8.40. The molecule has 0 heterocycles. The Morgan fingerprint density at radius 3 is 2.67 bits per heavy atom. The fourth-order valence-electron chi connectivity index (χ4n) is 1.29. The summed E-state index contributed by atoms with van der Waals surface area (Å²) >= 11 is 0. The predicted octanol–water partition coefficient (Wildman–Crippen LogP) is 0.184. The topological polar surface area (TPSA) is 102 Å². The molecule has 0 radical (unpaired) electrons. The second kappa shape index (κ2) is 6.03. The predicted molar refractivity (Wildman–Crippen MR) is 68.8 cm³/mol. The number of methoxy groups -OCH3 is 1. The molecular formula is C11H18N2O4S. The van der Waals surface area contributed by atoms with Gasteiger partial charge >= 0.3 is 0 Å². The van der Waals surface area contributed by atoms with Crippen LogP contribution in [0.15, 0.2) is 23.1 Å². The molecule has 0 saturated carbocycles. The van der Waals surface area contributed by atoms with Crippen molar-refractivity contribution >= 4 is 15.7 Å². The van der Waals surface area contributed by atoms with Crippen LogP contribution in [0.4, 0.5) is 5.69 Å². The molecule has 0 bridgehead atoms. The number of aliphatic hydroxyl groups excluding tert-OH is 1. The Morgan fingerprint density at radius 2 is 2.17 bits per heavy atom. The highest BCUT2D eigenvalue weighted by Gasteiger charge is 2.18. The van der Waals surface area contributed by atoms with Crippen LogP contribution in [-0.4, -0.2) is 33.8 Å². The van der Waals surface area contributed by atoms with Crippen molar-refractivity contribution in [3.63, 3.8) is 0 Å². The van der Waals surface area contributed by atoms with E-state index in [-0.39, 0.29) is 29.7 Å². The van der Waals surface area contributed by atoms with Crippen molar-refractivity contribution in [1.82, 2.24) is 4.72 Å². The maximum atomic E-state index is 12.0. The molecule has 1 aromatic rings. The van der Waals surface area contributed by atoms with Gasteiger partial charge in [-0.2, -0.15) is 0 Å². The summed E-state index contributed by atoms with van der Waals surface area (Å²) in [6.45, 7) is 1.81. The van der Waals surface area contributed by atoms with Crippen LogP contribution in [-0.2, 0) is 10.0 Å². The number of ether oxygens (including phenoxy) is 1. The van der Waals surface area contributed by atoms with Crippen molar-refractivity contribution in [3.05, 3.63) is 18.2 Å². The van der Waals surface area contributed by atoms with Gasteiger partial charge in [-0.05, 0) is 18.1 Å². The van der Waals surface area contributed by atoms with Gasteiger partial charge in [0.2, 0.25) is 10.0 Å². The van der Waals surface area contributed by atoms with Crippen molar-refractivity contribution in [2.75, 3.05) is 26.0 Å². The SMILES string of the molecule is COc1ccc(S(=O)(=O)NCC(C)CO)c(N)c1. The van der Waals surface area contributed by atoms with E-state index in [1.165, 1.54) is 25.3 Å². The summed E-state index contributed by atoms with van der Waals surface area (Å²) in [6.07, 6.45) is 0. The van der Waals surface area contributed by atoms with E-state index in [0.717, 1.165) is 0 Å². The Morgan fingerprint density at radius 1 is 1.50 bits per heavy atom. The highest BCUT2D eigenvalue weighted by atomic mass is 32.2. The van der Waals surface area contributed by atoms with E-state index >= 15 is 0 Å². The Labute approximate surface area is 107 Å². The molecule has 18 heavy (non-hydrogen) atoms. The van der Waals surface area contributed by atoms with Gasteiger partial charge in [-0.1, -0.05) is 6.92 Å². The van der Waals surface area contributed by atoms with Gasteiger partial charge in [0.15, 0.2) is 0 Å². The lowest BCUT2D eigenvalue weighted by atomic mass is 10.2. The van der Waals surface area contributed by atoms with E-state index in [1.54, 1.807) is 6.92 Å². The van der Waals surface area contributed by atoms with Crippen molar-refractivity contribution in [2.24, 2.45) is 5.92 Å². The number of sulfonamides is 1. The van der Waals surface area contributed by atoms with Gasteiger partial charge in [0, 0.05) is 19.2 Å². The second-order valence-electron chi connectivity index (χ2n) is 4.04. The molecule has 1 rings (SSSR count). The molecule has 1 unspecified atom stereocenters. The normalized spacial score (nSPS) is 13.3. The molecule has 0 aliphatic rings. The van der Waals surface area contributed by atoms with Gasteiger partial charge < -0.3 is 15.6 Å². The zero-order chi connectivity index (χ0) is 13.8. The zero-order valence-corrected chi connectivity index (χ0v) is 11.2. The lowest BCUT2D eigenvalue weighted by molar-refractivity contribution is 0.238. The van der Waals surface area contributed by atoms with Gasteiger partial charge in [0.1, 0.15) is 10.6 Å². The first kappa shape index (κ1) is 14.7. The minimum Gasteiger partial charge on any atom is -0.497 e. The van der Waals surface area contributed by atoms with Crippen LogP contribution in [0.5, 0.6) is 5.75 Å². The second-order valence-corrected chi connectivity index (χ2v) is 5.78. The van der Waals surface area contributed by atoms with Crippen LogP contribution >= 0.6 is 0 Å². The molecule has 0 aliphatic heterocycles. The molecule has 6 nitrogen and oxygen atoms in total. The van der Waals surface area contributed by atoms with E-state index in [1.807, 2.05) is 0 Å². The van der Waals surface area contributed by atoms with Gasteiger partial charge in [0.25, 0.3) is 0 Å². The summed E-state index contributed by atoms with van der Waals surface area (Å²) in [6, 6.07) is 4.37. The average molecular weight is 274 g/mol. The summed E-state index contributed by atoms with van der Waals surface area (Å²) in [5.41, 5.74) is 5.80. The minimum absolute atomic E-state index is 0.00781. The molecule has 0 amide bonds. The van der Waals surface area contributed by atoms with Crippen molar-refractivity contribution in [2.45, 2.75) is 11.8 Å². The zero-order valence-electron chi connectivity index (χ0n) is 10.4. The lowest BCUT2D eigenvalue weighted by Crippen LogP contribution is -2.30. The quantitative estimate of drug-likeness (QED) is 0.642. The summed E-state index contributed by atoms with van der Waals surface area (Å²) in [5.74, 6) is 0.342. The van der Waals surface area contributed by atoms with E-state index in [2.05, 4.69) is 4.72 Å². The maximum absolute atomic E-state index is 12.0. The average Bonchev–Trinajstić information content (AvgIpc) is 2.35. The first-order valence-electron chi connectivity index (χ1n) is 5.44. The first-order valence-corrected chi connectivity index (χ1v) is 6.93. The van der Waals surface area contributed by atoms with Gasteiger partial charge in [-0.15, -0.1) is 0 Å². The Bertz CT molecular complexity index is 502. The standard InChI is InChI=1S/C11H18N2O4S/c1-8(7-14)6-13-18(15,16)11-4-3-9(17-2)5-10(11)12/h3-5,8,13-14H,6-7,12H2,1-2H3. The minimum atomic E-state index is -3.66. The van der Waals surface area contributed by atoms with Crippen molar-refractivity contribution in [1.29, 1.82) is 0 Å². The van der Waals surface area contributed by atoms with Gasteiger partial charge in [-0.25, -0.2) is 13.1 Å². The number of benzene rings is 1. The van der Waals surface area contributed by atoms with Crippen LogP contribution in [0.2, 0.25) is 0 Å². The Kier molecular flexibility index (Phi) is 4.94. The summed E-state index contributed by atoms with van der Waals surface area (Å²) in [7, 11) is -2.19. The molecule has 1 atom stereocenters. The van der Waals surface area contributed by atoms with Crippen LogP contribution in [0, 0.1) is 5.92 Å². The molecular weight excluding hydrogens is 256 g/mol. The number of rotatable bonds is 6. The molecule has 102 valence electrons. The van der Waals surface area contributed by atoms with Crippen LogP contribution in [0.1, 0.15) is 6.92 Å². The van der Waals surface area contributed by atoms with Crippen LogP contribution < -0.4 is 15.2 Å². The van der Waals surface area contributed by atoms with Crippen LogP contribution in [0.3, 0.4) is 0 Å². The monoisotopic (exact) mass is 274 g/mol. The number of nitrogens with one attached hydrogen (secondary N) is 1. The highest BCUT2D eigenvalue weighted by molar-refractivity contribution is 7.89. The third kappa shape index (κ3) is 3.59. The van der Waals surface area contributed by atoms with E-state index < -0.39 is 10.0 Å². The van der Waals surface area contributed by atoms with Gasteiger partial charge in [0.05, 0.1) is 12.8 Å². The number of anilines is 1. The molecule has 4 N–H and O–H groups in total. The fourth-order valence-corrected chi connectivity index (χ4v) is 2.57. The molecule has 0 fully saturated rings. The molecule has 0 saturated heterocycles. The molecule has 0 aromatic heterocycles. The smallest absolute Gasteiger partial charge is 0.242 e. The lowest BCUT2D eigenvalue weighted by Gasteiger charge is -2.12. The summed E-state index contributed by atoms with van der Waals surface area (Å²) in [5, 5.41) is 8.85. The van der Waals surface area contributed by atoms with Crippen LogP contribution in [0.25, 0.3) is 0 Å². The fraction of sp³-hybridized carbons (Fsp3) is 0.455. The third-order valence-electron chi connectivity index (χ3n) is 2.44. The number of nitrogens with two attached hydrogens (primary N) is 1. The van der Waals surface area contributed by atoms with Crippen molar-refractivity contribution < 1.29 is 18.3 Å². The highest BCUT2D eigenvalue weighted by Crippen LogP contribution is 2.23. The van der Waals surface area contributed by atoms with E-state index in [4.69, 9.17) is 15.6 Å². The van der Waals surface area contributed by atoms with E-state index in [0.29, 0.717) is 5.75 Å². The molecule has 1 aromatic carbocycles.